The summed E-state index contributed by atoms with van der Waals surface area (Å²) in [6.07, 6.45) is 0.281. The van der Waals surface area contributed by atoms with E-state index >= 15 is 0 Å². The molecule has 4 amide bonds. The Morgan fingerprint density at radius 2 is 1.77 bits per heavy atom. The molecule has 13 nitrogen and oxygen atoms in total. The summed E-state index contributed by atoms with van der Waals surface area (Å²) >= 11 is 0. The highest BCUT2D eigenvalue weighted by Gasteiger charge is 2.38. The standard InChI is InChI=1S/C17H27N5O8/c1-9(15(28)19-8-14(26)27)20-16(29)11-3-2-6-22(11)17(30)10(4-5-13(24)25)21-12(23)7-18/h9-11H,2-8,18H2,1H3,(H,19,28)(H,20,29)(H,21,23)(H,24,25)(H,26,27). The van der Waals surface area contributed by atoms with Gasteiger partial charge in [0.1, 0.15) is 24.7 Å². The first kappa shape index (κ1) is 24.8. The zero-order valence-corrected chi connectivity index (χ0v) is 16.6. The molecule has 1 saturated heterocycles. The van der Waals surface area contributed by atoms with Crippen molar-refractivity contribution < 1.29 is 39.0 Å². The van der Waals surface area contributed by atoms with Crippen molar-refractivity contribution in [3.05, 3.63) is 0 Å². The molecule has 0 spiro atoms. The van der Waals surface area contributed by atoms with Crippen LogP contribution in [0.15, 0.2) is 0 Å². The quantitative estimate of drug-likeness (QED) is 0.197. The van der Waals surface area contributed by atoms with Gasteiger partial charge in [0.15, 0.2) is 0 Å². The number of nitrogens with zero attached hydrogens (tertiary/aromatic N) is 1. The third kappa shape index (κ3) is 7.66. The van der Waals surface area contributed by atoms with Crippen molar-refractivity contribution in [3.63, 3.8) is 0 Å². The fraction of sp³-hybridized carbons (Fsp3) is 0.647. The van der Waals surface area contributed by atoms with Crippen molar-refractivity contribution in [3.8, 4) is 0 Å². The number of rotatable bonds is 11. The van der Waals surface area contributed by atoms with Crippen LogP contribution in [0.1, 0.15) is 32.6 Å². The highest BCUT2D eigenvalue weighted by molar-refractivity contribution is 5.95. The van der Waals surface area contributed by atoms with Crippen LogP contribution in [0.5, 0.6) is 0 Å². The summed E-state index contributed by atoms with van der Waals surface area (Å²) in [6, 6.07) is -3.09. The van der Waals surface area contributed by atoms with Gasteiger partial charge in [-0.1, -0.05) is 0 Å². The molecule has 1 heterocycles. The van der Waals surface area contributed by atoms with Gasteiger partial charge in [-0.15, -0.1) is 0 Å². The Balaban J connectivity index is 2.80. The molecule has 3 atom stereocenters. The van der Waals surface area contributed by atoms with E-state index in [1.165, 1.54) is 11.8 Å². The summed E-state index contributed by atoms with van der Waals surface area (Å²) in [5.41, 5.74) is 5.24. The third-order valence-corrected chi connectivity index (χ3v) is 4.47. The normalized spacial score (nSPS) is 17.5. The molecule has 0 saturated carbocycles. The van der Waals surface area contributed by atoms with Crippen LogP contribution in [-0.2, 0) is 28.8 Å². The topological polar surface area (TPSA) is 208 Å². The Kier molecular flexibility index (Phi) is 9.68. The van der Waals surface area contributed by atoms with E-state index in [2.05, 4.69) is 16.0 Å². The van der Waals surface area contributed by atoms with E-state index < -0.39 is 60.2 Å². The zero-order chi connectivity index (χ0) is 22.8. The summed E-state index contributed by atoms with van der Waals surface area (Å²) in [4.78, 5) is 71.5. The molecule has 13 heteroatoms. The van der Waals surface area contributed by atoms with Crippen molar-refractivity contribution in [2.24, 2.45) is 5.73 Å². The van der Waals surface area contributed by atoms with Gasteiger partial charge in [0.25, 0.3) is 0 Å². The van der Waals surface area contributed by atoms with Crippen LogP contribution in [0.2, 0.25) is 0 Å². The number of hydrogen-bond donors (Lipinski definition) is 6. The van der Waals surface area contributed by atoms with Crippen molar-refractivity contribution in [1.29, 1.82) is 0 Å². The number of aliphatic carboxylic acids is 2. The van der Waals surface area contributed by atoms with Crippen LogP contribution in [0.3, 0.4) is 0 Å². The summed E-state index contributed by atoms with van der Waals surface area (Å²) in [5, 5.41) is 24.4. The van der Waals surface area contributed by atoms with Crippen LogP contribution >= 0.6 is 0 Å². The number of likely N-dealkylation sites (tertiary alicyclic amines) is 1. The lowest BCUT2D eigenvalue weighted by Crippen LogP contribution is -2.56. The second-order valence-corrected chi connectivity index (χ2v) is 6.79. The largest absolute Gasteiger partial charge is 0.481 e. The smallest absolute Gasteiger partial charge is 0.322 e. The zero-order valence-electron chi connectivity index (χ0n) is 16.6. The molecule has 168 valence electrons. The van der Waals surface area contributed by atoms with Crippen molar-refractivity contribution in [2.75, 3.05) is 19.6 Å². The summed E-state index contributed by atoms with van der Waals surface area (Å²) in [6.45, 7) is 0.606. The maximum Gasteiger partial charge on any atom is 0.322 e. The Hall–Kier alpha value is -3.22. The van der Waals surface area contributed by atoms with Gasteiger partial charge in [0, 0.05) is 13.0 Å². The predicted molar refractivity (Wildman–Crippen MR) is 101 cm³/mol. The minimum absolute atomic E-state index is 0.168. The lowest BCUT2D eigenvalue weighted by Gasteiger charge is -2.29. The lowest BCUT2D eigenvalue weighted by atomic mass is 10.1. The van der Waals surface area contributed by atoms with Gasteiger partial charge in [-0.05, 0) is 26.2 Å². The first-order chi connectivity index (χ1) is 14.1. The number of carboxylic acids is 2. The van der Waals surface area contributed by atoms with Gasteiger partial charge in [-0.3, -0.25) is 28.8 Å². The van der Waals surface area contributed by atoms with E-state index in [0.29, 0.717) is 12.8 Å². The summed E-state index contributed by atoms with van der Waals surface area (Å²) < 4.78 is 0. The van der Waals surface area contributed by atoms with E-state index in [0.717, 1.165) is 0 Å². The number of carbonyl (C=O) groups is 6. The monoisotopic (exact) mass is 429 g/mol. The number of nitrogens with two attached hydrogens (primary N) is 1. The number of hydrogen-bond acceptors (Lipinski definition) is 7. The van der Waals surface area contributed by atoms with Crippen LogP contribution in [0.4, 0.5) is 0 Å². The van der Waals surface area contributed by atoms with Crippen LogP contribution in [-0.4, -0.2) is 88.4 Å². The maximum atomic E-state index is 12.9. The minimum atomic E-state index is -1.23. The minimum Gasteiger partial charge on any atom is -0.481 e. The first-order valence-electron chi connectivity index (χ1n) is 9.38. The maximum absolute atomic E-state index is 12.9. The Morgan fingerprint density at radius 3 is 2.33 bits per heavy atom. The highest BCUT2D eigenvalue weighted by Crippen LogP contribution is 2.20. The van der Waals surface area contributed by atoms with Crippen LogP contribution in [0, 0.1) is 0 Å². The fourth-order valence-corrected chi connectivity index (χ4v) is 2.97. The van der Waals surface area contributed by atoms with Crippen molar-refractivity contribution in [1.82, 2.24) is 20.9 Å². The number of amides is 4. The second-order valence-electron chi connectivity index (χ2n) is 6.79. The highest BCUT2D eigenvalue weighted by atomic mass is 16.4. The molecule has 0 aromatic heterocycles. The Labute approximate surface area is 172 Å². The van der Waals surface area contributed by atoms with Gasteiger partial charge in [-0.2, -0.15) is 0 Å². The van der Waals surface area contributed by atoms with Gasteiger partial charge >= 0.3 is 11.9 Å². The molecule has 1 aliphatic heterocycles. The predicted octanol–water partition coefficient (Wildman–Crippen LogP) is -3.01. The first-order valence-corrected chi connectivity index (χ1v) is 9.38. The molecular formula is C17H27N5O8. The SMILES string of the molecule is CC(NC(=O)C1CCCN1C(=O)C(CCC(=O)O)NC(=O)CN)C(=O)NCC(=O)O. The molecule has 0 aromatic carbocycles. The van der Waals surface area contributed by atoms with Crippen molar-refractivity contribution in [2.45, 2.75) is 50.7 Å². The van der Waals surface area contributed by atoms with Crippen LogP contribution < -0.4 is 21.7 Å². The molecule has 1 rings (SSSR count). The number of carbonyl (C=O) groups excluding carboxylic acids is 4. The molecular weight excluding hydrogens is 402 g/mol. The van der Waals surface area contributed by atoms with Gasteiger partial charge < -0.3 is 36.8 Å². The van der Waals surface area contributed by atoms with Gasteiger partial charge in [0.2, 0.25) is 23.6 Å². The van der Waals surface area contributed by atoms with Gasteiger partial charge in [-0.25, -0.2) is 0 Å². The molecule has 7 N–H and O–H groups in total. The molecule has 0 radical (unpaired) electrons. The molecule has 0 bridgehead atoms. The van der Waals surface area contributed by atoms with Crippen LogP contribution in [0.25, 0.3) is 0 Å². The third-order valence-electron chi connectivity index (χ3n) is 4.47. The Morgan fingerprint density at radius 1 is 1.10 bits per heavy atom. The number of nitrogens with one attached hydrogen (secondary N) is 3. The summed E-state index contributed by atoms with van der Waals surface area (Å²) in [5.74, 6) is -4.94. The van der Waals surface area contributed by atoms with E-state index in [9.17, 15) is 28.8 Å². The molecule has 30 heavy (non-hydrogen) atoms. The molecule has 1 aliphatic rings. The van der Waals surface area contributed by atoms with Gasteiger partial charge in [0.05, 0.1) is 6.54 Å². The van der Waals surface area contributed by atoms with Crippen molar-refractivity contribution >= 4 is 35.6 Å². The molecule has 3 unspecified atom stereocenters. The molecule has 0 aliphatic carbocycles. The Bertz CT molecular complexity index is 698. The van der Waals surface area contributed by atoms with E-state index in [4.69, 9.17) is 15.9 Å². The lowest BCUT2D eigenvalue weighted by molar-refractivity contribution is -0.143. The second kappa shape index (κ2) is 11.7. The average Bonchev–Trinajstić information content (AvgIpc) is 3.18. The molecule has 1 fully saturated rings. The van der Waals surface area contributed by atoms with E-state index in [-0.39, 0.29) is 25.9 Å². The fourth-order valence-electron chi connectivity index (χ4n) is 2.97. The number of carboxylic acid groups (broad SMARTS) is 2. The van der Waals surface area contributed by atoms with E-state index in [1.54, 1.807) is 0 Å². The van der Waals surface area contributed by atoms with E-state index in [1.807, 2.05) is 0 Å². The average molecular weight is 429 g/mol. The molecule has 0 aromatic rings. The summed E-state index contributed by atoms with van der Waals surface area (Å²) in [7, 11) is 0.